The summed E-state index contributed by atoms with van der Waals surface area (Å²) in [5, 5.41) is 5.88. The van der Waals surface area contributed by atoms with Gasteiger partial charge in [-0.05, 0) is 43.9 Å². The topological polar surface area (TPSA) is 84.2 Å². The monoisotopic (exact) mass is 367 g/mol. The van der Waals surface area contributed by atoms with Gasteiger partial charge in [0, 0.05) is 18.2 Å². The van der Waals surface area contributed by atoms with Crippen molar-refractivity contribution in [2.24, 2.45) is 5.73 Å². The number of amides is 2. The molecule has 0 aliphatic heterocycles. The second-order valence-corrected chi connectivity index (χ2v) is 6.88. The van der Waals surface area contributed by atoms with Gasteiger partial charge in [0.1, 0.15) is 0 Å². The fourth-order valence-corrected chi connectivity index (χ4v) is 3.00. The Morgan fingerprint density at radius 3 is 2.56 bits per heavy atom. The maximum Gasteiger partial charge on any atom is 0.251 e. The molecule has 2 rings (SSSR count). The molecule has 6 heteroatoms. The Kier molecular flexibility index (Phi) is 8.39. The van der Waals surface area contributed by atoms with Crippen LogP contribution in [-0.4, -0.2) is 23.4 Å². The standard InChI is InChI=1S/C19H29N3O2.ClH/c1-3-14(2)22-17(23)16-9-7-8-15(12-16)13-21-18(24)19(20)10-5-4-6-11-19;/h7-9,12,14H,3-6,10-11,13,20H2,1-2H3,(H,21,24)(H,22,23);1H. The molecule has 0 spiro atoms. The van der Waals surface area contributed by atoms with Gasteiger partial charge < -0.3 is 16.4 Å². The number of nitrogens with two attached hydrogens (primary N) is 1. The van der Waals surface area contributed by atoms with E-state index in [0.717, 1.165) is 44.1 Å². The van der Waals surface area contributed by atoms with E-state index >= 15 is 0 Å². The van der Waals surface area contributed by atoms with Gasteiger partial charge in [-0.2, -0.15) is 0 Å². The Labute approximate surface area is 156 Å². The molecule has 1 fully saturated rings. The van der Waals surface area contributed by atoms with Crippen LogP contribution in [0.3, 0.4) is 0 Å². The lowest BCUT2D eigenvalue weighted by Gasteiger charge is -2.31. The highest BCUT2D eigenvalue weighted by molar-refractivity contribution is 5.94. The van der Waals surface area contributed by atoms with Gasteiger partial charge >= 0.3 is 0 Å². The van der Waals surface area contributed by atoms with Crippen LogP contribution in [0.4, 0.5) is 0 Å². The van der Waals surface area contributed by atoms with Crippen molar-refractivity contribution in [2.75, 3.05) is 0 Å². The van der Waals surface area contributed by atoms with Crippen molar-refractivity contribution in [3.8, 4) is 0 Å². The van der Waals surface area contributed by atoms with Crippen molar-refractivity contribution in [3.05, 3.63) is 35.4 Å². The fraction of sp³-hybridized carbons (Fsp3) is 0.579. The summed E-state index contributed by atoms with van der Waals surface area (Å²) >= 11 is 0. The zero-order valence-corrected chi connectivity index (χ0v) is 16.0. The molecular formula is C19H30ClN3O2. The van der Waals surface area contributed by atoms with E-state index in [-0.39, 0.29) is 30.3 Å². The Balaban J connectivity index is 0.00000312. The average molecular weight is 368 g/mol. The van der Waals surface area contributed by atoms with Gasteiger partial charge in [0.05, 0.1) is 5.54 Å². The van der Waals surface area contributed by atoms with Crippen LogP contribution in [-0.2, 0) is 11.3 Å². The van der Waals surface area contributed by atoms with Crippen molar-refractivity contribution in [1.29, 1.82) is 0 Å². The number of nitrogens with one attached hydrogen (secondary N) is 2. The molecule has 1 saturated carbocycles. The molecule has 5 nitrogen and oxygen atoms in total. The number of hydrogen-bond acceptors (Lipinski definition) is 3. The molecule has 140 valence electrons. The van der Waals surface area contributed by atoms with E-state index in [1.807, 2.05) is 32.0 Å². The molecule has 4 N–H and O–H groups in total. The van der Waals surface area contributed by atoms with E-state index in [1.165, 1.54) is 0 Å². The molecule has 0 aromatic heterocycles. The van der Waals surface area contributed by atoms with Gasteiger partial charge in [0.2, 0.25) is 5.91 Å². The molecule has 2 amide bonds. The van der Waals surface area contributed by atoms with Crippen molar-refractivity contribution in [3.63, 3.8) is 0 Å². The summed E-state index contributed by atoms with van der Waals surface area (Å²) in [6, 6.07) is 7.50. The first-order chi connectivity index (χ1) is 11.4. The van der Waals surface area contributed by atoms with Crippen LogP contribution in [0, 0.1) is 0 Å². The van der Waals surface area contributed by atoms with Crippen LogP contribution in [0.25, 0.3) is 0 Å². The number of rotatable bonds is 6. The predicted octanol–water partition coefficient (Wildman–Crippen LogP) is 2.91. The smallest absolute Gasteiger partial charge is 0.251 e. The summed E-state index contributed by atoms with van der Waals surface area (Å²) in [4.78, 5) is 24.6. The number of carbonyl (C=O) groups excluding carboxylic acids is 2. The Bertz CT molecular complexity index is 586. The summed E-state index contributed by atoms with van der Waals surface area (Å²) in [6.07, 6.45) is 5.55. The molecule has 25 heavy (non-hydrogen) atoms. The molecular weight excluding hydrogens is 338 g/mol. The summed E-state index contributed by atoms with van der Waals surface area (Å²) in [5.41, 5.74) is 7.02. The molecule has 1 unspecified atom stereocenters. The molecule has 1 atom stereocenters. The minimum absolute atomic E-state index is 0. The zero-order chi connectivity index (χ0) is 17.6. The van der Waals surface area contributed by atoms with Crippen LogP contribution in [0.15, 0.2) is 24.3 Å². The van der Waals surface area contributed by atoms with Gasteiger partial charge in [0.25, 0.3) is 5.91 Å². The first-order valence-electron chi connectivity index (χ1n) is 8.91. The number of halogens is 1. The van der Waals surface area contributed by atoms with Gasteiger partial charge in [0.15, 0.2) is 0 Å². The second-order valence-electron chi connectivity index (χ2n) is 6.88. The molecule has 0 saturated heterocycles. The molecule has 1 aliphatic carbocycles. The largest absolute Gasteiger partial charge is 0.350 e. The maximum absolute atomic E-state index is 12.4. The lowest BCUT2D eigenvalue weighted by Crippen LogP contribution is -2.54. The molecule has 1 aliphatic rings. The minimum Gasteiger partial charge on any atom is -0.350 e. The third-order valence-electron chi connectivity index (χ3n) is 4.83. The Morgan fingerprint density at radius 2 is 1.92 bits per heavy atom. The maximum atomic E-state index is 12.4. The van der Waals surface area contributed by atoms with Gasteiger partial charge in [-0.1, -0.05) is 38.3 Å². The highest BCUT2D eigenvalue weighted by Gasteiger charge is 2.34. The third-order valence-corrected chi connectivity index (χ3v) is 4.83. The van der Waals surface area contributed by atoms with Crippen LogP contribution >= 0.6 is 12.4 Å². The van der Waals surface area contributed by atoms with Crippen molar-refractivity contribution in [2.45, 2.75) is 70.5 Å². The normalized spacial score (nSPS) is 17.1. The highest BCUT2D eigenvalue weighted by Crippen LogP contribution is 2.26. The molecule has 0 radical (unpaired) electrons. The van der Waals surface area contributed by atoms with E-state index in [0.29, 0.717) is 12.1 Å². The lowest BCUT2D eigenvalue weighted by molar-refractivity contribution is -0.127. The van der Waals surface area contributed by atoms with Crippen molar-refractivity contribution in [1.82, 2.24) is 10.6 Å². The number of benzene rings is 1. The van der Waals surface area contributed by atoms with Crippen LogP contribution < -0.4 is 16.4 Å². The van der Waals surface area contributed by atoms with Crippen LogP contribution in [0.5, 0.6) is 0 Å². The summed E-state index contributed by atoms with van der Waals surface area (Å²) < 4.78 is 0. The molecule has 1 aromatic carbocycles. The summed E-state index contributed by atoms with van der Waals surface area (Å²) in [5.74, 6) is -0.170. The van der Waals surface area contributed by atoms with E-state index in [1.54, 1.807) is 6.07 Å². The lowest BCUT2D eigenvalue weighted by atomic mass is 9.82. The van der Waals surface area contributed by atoms with E-state index in [2.05, 4.69) is 10.6 Å². The van der Waals surface area contributed by atoms with E-state index < -0.39 is 5.54 Å². The van der Waals surface area contributed by atoms with Crippen LogP contribution in [0.1, 0.15) is 68.3 Å². The van der Waals surface area contributed by atoms with Gasteiger partial charge in [-0.3, -0.25) is 9.59 Å². The average Bonchev–Trinajstić information content (AvgIpc) is 2.60. The van der Waals surface area contributed by atoms with E-state index in [9.17, 15) is 9.59 Å². The summed E-state index contributed by atoms with van der Waals surface area (Å²) in [6.45, 7) is 4.40. The number of carbonyl (C=O) groups is 2. The highest BCUT2D eigenvalue weighted by atomic mass is 35.5. The van der Waals surface area contributed by atoms with Crippen LogP contribution in [0.2, 0.25) is 0 Å². The van der Waals surface area contributed by atoms with Crippen molar-refractivity contribution >= 4 is 24.2 Å². The van der Waals surface area contributed by atoms with Crippen molar-refractivity contribution < 1.29 is 9.59 Å². The quantitative estimate of drug-likeness (QED) is 0.722. The first kappa shape index (κ1) is 21.5. The second kappa shape index (κ2) is 9.78. The first-order valence-corrected chi connectivity index (χ1v) is 8.91. The Hall–Kier alpha value is -1.59. The predicted molar refractivity (Wildman–Crippen MR) is 103 cm³/mol. The molecule has 0 heterocycles. The fourth-order valence-electron chi connectivity index (χ4n) is 3.00. The SMILES string of the molecule is CCC(C)NC(=O)c1cccc(CNC(=O)C2(N)CCCCC2)c1.Cl. The van der Waals surface area contributed by atoms with Gasteiger partial charge in [-0.25, -0.2) is 0 Å². The van der Waals surface area contributed by atoms with E-state index in [4.69, 9.17) is 5.73 Å². The zero-order valence-electron chi connectivity index (χ0n) is 15.1. The third kappa shape index (κ3) is 6.01. The molecule has 1 aromatic rings. The van der Waals surface area contributed by atoms with Gasteiger partial charge in [-0.15, -0.1) is 12.4 Å². The minimum atomic E-state index is -0.732. The molecule has 0 bridgehead atoms. The number of hydrogen-bond donors (Lipinski definition) is 3. The summed E-state index contributed by atoms with van der Waals surface area (Å²) in [7, 11) is 0. The Morgan fingerprint density at radius 1 is 1.24 bits per heavy atom.